The predicted molar refractivity (Wildman–Crippen MR) is 61.7 cm³/mol. The van der Waals surface area contributed by atoms with Crippen LogP contribution in [0.5, 0.6) is 0 Å². The molecule has 0 spiro atoms. The summed E-state index contributed by atoms with van der Waals surface area (Å²) in [6, 6.07) is 9.54. The second-order valence-corrected chi connectivity index (χ2v) is 4.04. The molecular formula is C12H10N4O2. The van der Waals surface area contributed by atoms with E-state index in [0.717, 1.165) is 0 Å². The van der Waals surface area contributed by atoms with Crippen LogP contribution in [0.4, 0.5) is 0 Å². The summed E-state index contributed by atoms with van der Waals surface area (Å²) in [4.78, 5) is 1.13. The Morgan fingerprint density at radius 1 is 0.722 bits per heavy atom. The SMILES string of the molecule is N=c1ccc2c3ccc(=N)cc-3n(O)n(O)c-2c1. The van der Waals surface area contributed by atoms with Gasteiger partial charge in [-0.15, -0.1) is 0 Å². The first-order chi connectivity index (χ1) is 8.58. The molecule has 0 saturated carbocycles. The lowest BCUT2D eigenvalue weighted by Crippen LogP contribution is -2.21. The summed E-state index contributed by atoms with van der Waals surface area (Å²) in [5.41, 5.74) is 2.06. The molecule has 6 heteroatoms. The molecule has 18 heavy (non-hydrogen) atoms. The van der Waals surface area contributed by atoms with E-state index < -0.39 is 0 Å². The fraction of sp³-hybridized carbons (Fsp3) is 0. The van der Waals surface area contributed by atoms with Gasteiger partial charge in [-0.2, -0.15) is 0 Å². The minimum Gasteiger partial charge on any atom is -0.410 e. The molecule has 0 saturated heterocycles. The first-order valence-electron chi connectivity index (χ1n) is 5.27. The Morgan fingerprint density at radius 3 is 1.50 bits per heavy atom. The topological polar surface area (TPSA) is 98.0 Å². The second-order valence-electron chi connectivity index (χ2n) is 4.04. The van der Waals surface area contributed by atoms with Crippen LogP contribution in [0.1, 0.15) is 0 Å². The van der Waals surface area contributed by atoms with Crippen LogP contribution >= 0.6 is 0 Å². The van der Waals surface area contributed by atoms with Crippen molar-refractivity contribution in [3.8, 4) is 22.5 Å². The largest absolute Gasteiger partial charge is 0.410 e. The van der Waals surface area contributed by atoms with E-state index in [1.807, 2.05) is 0 Å². The van der Waals surface area contributed by atoms with Crippen LogP contribution < -0.4 is 10.7 Å². The lowest BCUT2D eigenvalue weighted by Gasteiger charge is -2.20. The highest BCUT2D eigenvalue weighted by Crippen LogP contribution is 2.32. The van der Waals surface area contributed by atoms with Crippen LogP contribution in [0, 0.1) is 10.8 Å². The van der Waals surface area contributed by atoms with E-state index >= 15 is 0 Å². The van der Waals surface area contributed by atoms with Crippen molar-refractivity contribution in [2.75, 3.05) is 0 Å². The molecular weight excluding hydrogens is 232 g/mol. The summed E-state index contributed by atoms with van der Waals surface area (Å²) in [5.74, 6) is 0. The van der Waals surface area contributed by atoms with Crippen molar-refractivity contribution in [2.45, 2.75) is 0 Å². The van der Waals surface area contributed by atoms with Gasteiger partial charge in [-0.3, -0.25) is 0 Å². The van der Waals surface area contributed by atoms with Gasteiger partial charge in [0.15, 0.2) is 0 Å². The van der Waals surface area contributed by atoms with Gasteiger partial charge in [-0.05, 0) is 36.4 Å². The maximum atomic E-state index is 9.86. The van der Waals surface area contributed by atoms with E-state index in [-0.39, 0.29) is 10.7 Å². The molecule has 4 N–H and O–H groups in total. The van der Waals surface area contributed by atoms with Crippen molar-refractivity contribution in [1.82, 2.24) is 9.69 Å². The lowest BCUT2D eigenvalue weighted by molar-refractivity contribution is -0.0105. The summed E-state index contributed by atoms with van der Waals surface area (Å²) in [7, 11) is 0. The minimum absolute atomic E-state index is 0.238. The third-order valence-electron chi connectivity index (χ3n) is 2.90. The third-order valence-corrected chi connectivity index (χ3v) is 2.90. The van der Waals surface area contributed by atoms with Crippen molar-refractivity contribution in [3.05, 3.63) is 47.1 Å². The average Bonchev–Trinajstić information content (AvgIpc) is 2.36. The quantitative estimate of drug-likeness (QED) is 0.348. The predicted octanol–water partition coefficient (Wildman–Crippen LogP) is 0.933. The molecule has 1 heterocycles. The van der Waals surface area contributed by atoms with Gasteiger partial charge < -0.3 is 21.2 Å². The second kappa shape index (κ2) is 3.36. The van der Waals surface area contributed by atoms with Gasteiger partial charge in [0.25, 0.3) is 0 Å². The normalized spacial score (nSPS) is 11.1. The minimum atomic E-state index is 0.238. The molecule has 3 aliphatic rings. The fourth-order valence-electron chi connectivity index (χ4n) is 2.05. The monoisotopic (exact) mass is 242 g/mol. The smallest absolute Gasteiger partial charge is 0.112 e. The van der Waals surface area contributed by atoms with E-state index in [9.17, 15) is 10.4 Å². The molecule has 0 bridgehead atoms. The average molecular weight is 242 g/mol. The Hall–Kier alpha value is -2.76. The highest BCUT2D eigenvalue weighted by atomic mass is 16.6. The number of fused-ring (bicyclic) bond motifs is 3. The third kappa shape index (κ3) is 1.29. The van der Waals surface area contributed by atoms with Gasteiger partial charge in [0.05, 0.1) is 10.7 Å². The molecule has 0 atom stereocenters. The van der Waals surface area contributed by atoms with Gasteiger partial charge in [0, 0.05) is 11.1 Å². The van der Waals surface area contributed by atoms with Gasteiger partial charge in [-0.1, -0.05) is 9.69 Å². The maximum Gasteiger partial charge on any atom is 0.112 e. The molecule has 0 fully saturated rings. The van der Waals surface area contributed by atoms with Crippen molar-refractivity contribution in [3.63, 3.8) is 0 Å². The van der Waals surface area contributed by atoms with E-state index in [1.54, 1.807) is 24.3 Å². The van der Waals surface area contributed by atoms with E-state index in [4.69, 9.17) is 10.8 Å². The van der Waals surface area contributed by atoms with Crippen LogP contribution in [0.15, 0.2) is 36.4 Å². The molecule has 2 aliphatic carbocycles. The number of nitrogens with one attached hydrogen (secondary N) is 2. The molecule has 3 rings (SSSR count). The summed E-state index contributed by atoms with van der Waals surface area (Å²) >= 11 is 0. The molecule has 0 unspecified atom stereocenters. The van der Waals surface area contributed by atoms with Gasteiger partial charge in [-0.25, -0.2) is 0 Å². The Morgan fingerprint density at radius 2 is 1.11 bits per heavy atom. The van der Waals surface area contributed by atoms with Crippen LogP contribution in [-0.2, 0) is 0 Å². The maximum absolute atomic E-state index is 9.86. The number of hydrogen-bond acceptors (Lipinski definition) is 4. The van der Waals surface area contributed by atoms with Crippen LogP contribution in [0.25, 0.3) is 22.5 Å². The highest BCUT2D eigenvalue weighted by molar-refractivity contribution is 5.81. The molecule has 90 valence electrons. The van der Waals surface area contributed by atoms with Crippen molar-refractivity contribution < 1.29 is 10.4 Å². The van der Waals surface area contributed by atoms with Gasteiger partial charge in [0.1, 0.15) is 11.4 Å². The summed E-state index contributed by atoms with van der Waals surface area (Å²) < 4.78 is 0. The fourth-order valence-corrected chi connectivity index (χ4v) is 2.05. The van der Waals surface area contributed by atoms with Gasteiger partial charge in [0.2, 0.25) is 0 Å². The Labute approximate surface area is 101 Å². The zero-order valence-electron chi connectivity index (χ0n) is 9.25. The standard InChI is InChI=1S/C12H10N4O2/c13-7-1-3-9-10-4-2-8(14)6-12(10)16(18)15(17)11(9)5-7/h1-6,13-14,17-18H. The van der Waals surface area contributed by atoms with E-state index in [1.165, 1.54) is 12.1 Å². The molecule has 6 nitrogen and oxygen atoms in total. The van der Waals surface area contributed by atoms with Crippen molar-refractivity contribution in [2.24, 2.45) is 0 Å². The molecule has 0 aromatic rings. The first kappa shape index (κ1) is 10.4. The molecule has 0 radical (unpaired) electrons. The summed E-state index contributed by atoms with van der Waals surface area (Å²) in [5, 5.41) is 35.3. The Bertz CT molecular complexity index is 734. The Balaban J connectivity index is 2.59. The number of nitrogens with zero attached hydrogens (tertiary/aromatic N) is 2. The molecule has 1 aliphatic heterocycles. The van der Waals surface area contributed by atoms with Crippen LogP contribution in [-0.4, -0.2) is 20.1 Å². The first-order valence-corrected chi connectivity index (χ1v) is 5.27. The summed E-state index contributed by atoms with van der Waals surface area (Å²) in [6.45, 7) is 0. The molecule has 0 aromatic carbocycles. The molecule has 0 amide bonds. The highest BCUT2D eigenvalue weighted by Gasteiger charge is 2.19. The number of hydrogen-bond donors (Lipinski definition) is 4. The Kier molecular flexibility index (Phi) is 1.94. The van der Waals surface area contributed by atoms with Crippen LogP contribution in [0.3, 0.4) is 0 Å². The summed E-state index contributed by atoms with van der Waals surface area (Å²) in [6.07, 6.45) is 0. The molecule has 0 aromatic heterocycles. The van der Waals surface area contributed by atoms with E-state index in [2.05, 4.69) is 0 Å². The van der Waals surface area contributed by atoms with Crippen molar-refractivity contribution in [1.29, 1.82) is 10.8 Å². The zero-order valence-corrected chi connectivity index (χ0v) is 9.25. The van der Waals surface area contributed by atoms with Gasteiger partial charge >= 0.3 is 0 Å². The van der Waals surface area contributed by atoms with Crippen LogP contribution in [0.2, 0.25) is 0 Å². The van der Waals surface area contributed by atoms with Crippen molar-refractivity contribution >= 4 is 0 Å². The number of benzene rings is 2. The number of rotatable bonds is 0. The lowest BCUT2D eigenvalue weighted by atomic mass is 9.99. The number of aromatic nitrogens is 2. The zero-order chi connectivity index (χ0) is 12.9. The van der Waals surface area contributed by atoms with E-state index in [0.29, 0.717) is 32.2 Å².